The van der Waals surface area contributed by atoms with Gasteiger partial charge in [-0.3, -0.25) is 9.53 Å². The maximum atomic E-state index is 13.7. The minimum Gasteiger partial charge on any atom is -0.368 e. The molecule has 2 aromatic rings. The average molecular weight is 474 g/mol. The van der Waals surface area contributed by atoms with Crippen LogP contribution in [0, 0.1) is 5.82 Å². The molecule has 6 nitrogen and oxygen atoms in total. The summed E-state index contributed by atoms with van der Waals surface area (Å²) in [7, 11) is 0. The lowest BCUT2D eigenvalue weighted by Crippen LogP contribution is -2.78. The summed E-state index contributed by atoms with van der Waals surface area (Å²) in [6.45, 7) is -0.185. The molecule has 0 unspecified atom stereocenters. The number of carbonyl (C=O) groups excluding carboxylic acids is 1. The maximum absolute atomic E-state index is 13.7. The second-order valence-corrected chi connectivity index (χ2v) is 9.38. The van der Waals surface area contributed by atoms with Crippen molar-refractivity contribution in [2.24, 2.45) is 0 Å². The smallest absolute Gasteiger partial charge is 0.368 e. The van der Waals surface area contributed by atoms with Gasteiger partial charge in [-0.1, -0.05) is 17.7 Å². The first-order valence-corrected chi connectivity index (χ1v) is 10.6. The molecule has 4 aliphatic carbocycles. The standard InChI is InChI=1S/C21H20ClF4N3O3/c22-15-2-1-12(3-16(15)23)17-6-29(11-27-17)20-8-19(9-20,10-20)28-18(30)7-31-13-4-14(5-13)32-21(24,25)26/h1-3,6,11,13-14H,4-5,7-10H2,(H,28,30). The van der Waals surface area contributed by atoms with Crippen molar-refractivity contribution >= 4 is 17.5 Å². The number of ether oxygens (including phenoxy) is 2. The van der Waals surface area contributed by atoms with Crippen LogP contribution in [0.1, 0.15) is 32.1 Å². The highest BCUT2D eigenvalue weighted by molar-refractivity contribution is 6.30. The zero-order chi connectivity index (χ0) is 22.7. The van der Waals surface area contributed by atoms with Crippen LogP contribution >= 0.6 is 11.6 Å². The fourth-order valence-corrected chi connectivity index (χ4v) is 5.11. The maximum Gasteiger partial charge on any atom is 0.522 e. The van der Waals surface area contributed by atoms with Crippen molar-refractivity contribution in [3.05, 3.63) is 41.6 Å². The lowest BCUT2D eigenvalue weighted by atomic mass is 9.44. The lowest BCUT2D eigenvalue weighted by Gasteiger charge is -2.70. The van der Waals surface area contributed by atoms with Crippen LogP contribution in [-0.4, -0.2) is 46.2 Å². The first kappa shape index (κ1) is 21.7. The Labute approximate surface area is 185 Å². The van der Waals surface area contributed by atoms with E-state index in [1.165, 1.54) is 12.1 Å². The largest absolute Gasteiger partial charge is 0.522 e. The molecular formula is C21H20ClF4N3O3. The van der Waals surface area contributed by atoms with Crippen molar-refractivity contribution in [3.63, 3.8) is 0 Å². The van der Waals surface area contributed by atoms with Crippen LogP contribution in [-0.2, 0) is 19.8 Å². The van der Waals surface area contributed by atoms with E-state index >= 15 is 0 Å². The van der Waals surface area contributed by atoms with Gasteiger partial charge in [-0.2, -0.15) is 0 Å². The van der Waals surface area contributed by atoms with Crippen molar-refractivity contribution < 1.29 is 31.8 Å². The third-order valence-electron chi connectivity index (χ3n) is 6.55. The minimum absolute atomic E-state index is 0.0565. The third-order valence-corrected chi connectivity index (χ3v) is 6.86. The summed E-state index contributed by atoms with van der Waals surface area (Å²) in [6.07, 6.45) is 0.152. The average Bonchev–Trinajstić information content (AvgIpc) is 3.10. The van der Waals surface area contributed by atoms with Crippen molar-refractivity contribution in [1.29, 1.82) is 0 Å². The molecule has 2 bridgehead atoms. The minimum atomic E-state index is -4.64. The lowest BCUT2D eigenvalue weighted by molar-refractivity contribution is -0.357. The van der Waals surface area contributed by atoms with Gasteiger partial charge in [-0.15, -0.1) is 13.2 Å². The summed E-state index contributed by atoms with van der Waals surface area (Å²) in [6, 6.07) is 4.55. The van der Waals surface area contributed by atoms with Crippen LogP contribution in [0.5, 0.6) is 0 Å². The van der Waals surface area contributed by atoms with Gasteiger partial charge >= 0.3 is 6.36 Å². The molecular weight excluding hydrogens is 454 g/mol. The monoisotopic (exact) mass is 473 g/mol. The summed E-state index contributed by atoms with van der Waals surface area (Å²) in [5.41, 5.74) is 0.889. The Morgan fingerprint density at radius 2 is 1.97 bits per heavy atom. The molecule has 32 heavy (non-hydrogen) atoms. The summed E-state index contributed by atoms with van der Waals surface area (Å²) in [5, 5.41) is 3.04. The molecule has 4 saturated carbocycles. The molecule has 0 saturated heterocycles. The quantitative estimate of drug-likeness (QED) is 0.613. The number of carbonyl (C=O) groups is 1. The summed E-state index contributed by atoms with van der Waals surface area (Å²) in [4.78, 5) is 16.6. The predicted molar refractivity (Wildman–Crippen MR) is 105 cm³/mol. The molecule has 172 valence electrons. The molecule has 1 aromatic carbocycles. The van der Waals surface area contributed by atoms with Gasteiger partial charge in [0.1, 0.15) is 12.4 Å². The van der Waals surface area contributed by atoms with Crippen molar-refractivity contribution in [3.8, 4) is 11.3 Å². The van der Waals surface area contributed by atoms with Gasteiger partial charge in [-0.25, -0.2) is 9.37 Å². The van der Waals surface area contributed by atoms with Gasteiger partial charge in [-0.05, 0) is 31.4 Å². The SMILES string of the molecule is O=C(COC1CC(OC(F)(F)F)C1)NC12CC(n3cnc(-c4ccc(Cl)c(F)c4)c3)(C1)C2. The summed E-state index contributed by atoms with van der Waals surface area (Å²) < 4.78 is 61.4. The number of halogens is 5. The van der Waals surface area contributed by atoms with Crippen LogP contribution in [0.4, 0.5) is 17.6 Å². The number of nitrogens with one attached hydrogen (secondary N) is 1. The number of hydrogen-bond donors (Lipinski definition) is 1. The van der Waals surface area contributed by atoms with E-state index in [9.17, 15) is 22.4 Å². The van der Waals surface area contributed by atoms with Crippen LogP contribution in [0.2, 0.25) is 5.02 Å². The first-order valence-electron chi connectivity index (χ1n) is 10.2. The second kappa shape index (κ2) is 7.43. The number of aromatic nitrogens is 2. The van der Waals surface area contributed by atoms with Gasteiger partial charge in [0.25, 0.3) is 0 Å². The van der Waals surface area contributed by atoms with E-state index in [4.69, 9.17) is 16.3 Å². The number of nitrogens with zero attached hydrogens (tertiary/aromatic N) is 2. The third kappa shape index (κ3) is 3.99. The zero-order valence-electron chi connectivity index (χ0n) is 16.8. The first-order chi connectivity index (χ1) is 15.0. The molecule has 0 aliphatic heterocycles. The van der Waals surface area contributed by atoms with Gasteiger partial charge in [0, 0.05) is 30.1 Å². The van der Waals surface area contributed by atoms with E-state index in [1.807, 2.05) is 10.8 Å². The molecule has 0 atom stereocenters. The highest BCUT2D eigenvalue weighted by Gasteiger charge is 2.69. The van der Waals surface area contributed by atoms with E-state index in [0.29, 0.717) is 11.3 Å². The Morgan fingerprint density at radius 3 is 2.62 bits per heavy atom. The van der Waals surface area contributed by atoms with E-state index in [2.05, 4.69) is 15.0 Å². The number of alkyl halides is 3. The Bertz CT molecular complexity index is 1030. The molecule has 1 aromatic heterocycles. The Balaban J connectivity index is 1.08. The van der Waals surface area contributed by atoms with E-state index < -0.39 is 24.4 Å². The summed E-state index contributed by atoms with van der Waals surface area (Å²) in [5.74, 6) is -0.778. The van der Waals surface area contributed by atoms with Gasteiger partial charge in [0.05, 0.1) is 34.8 Å². The molecule has 0 spiro atoms. The van der Waals surface area contributed by atoms with Crippen LogP contribution in [0.15, 0.2) is 30.7 Å². The molecule has 4 aliphatic rings. The molecule has 1 N–H and O–H groups in total. The van der Waals surface area contributed by atoms with Crippen LogP contribution in [0.25, 0.3) is 11.3 Å². The van der Waals surface area contributed by atoms with Crippen LogP contribution in [0.3, 0.4) is 0 Å². The molecule has 0 radical (unpaired) electrons. The molecule has 6 rings (SSSR count). The number of hydrogen-bond acceptors (Lipinski definition) is 4. The Morgan fingerprint density at radius 1 is 1.25 bits per heavy atom. The highest BCUT2D eigenvalue weighted by atomic mass is 35.5. The van der Waals surface area contributed by atoms with Gasteiger partial charge in [0.2, 0.25) is 5.91 Å². The highest BCUT2D eigenvalue weighted by Crippen LogP contribution is 2.65. The fourth-order valence-electron chi connectivity index (χ4n) is 4.99. The Kier molecular flexibility index (Phi) is 5.03. The second-order valence-electron chi connectivity index (χ2n) is 8.97. The number of imidazole rings is 1. The molecule has 1 amide bonds. The Hall–Kier alpha value is -2.17. The number of benzene rings is 1. The molecule has 4 fully saturated rings. The number of amides is 1. The topological polar surface area (TPSA) is 65.4 Å². The summed E-state index contributed by atoms with van der Waals surface area (Å²) >= 11 is 5.73. The fraction of sp³-hybridized carbons (Fsp3) is 0.524. The van der Waals surface area contributed by atoms with Crippen LogP contribution < -0.4 is 5.32 Å². The predicted octanol–water partition coefficient (Wildman–Crippen LogP) is 4.17. The van der Waals surface area contributed by atoms with Gasteiger partial charge in [0.15, 0.2) is 0 Å². The zero-order valence-corrected chi connectivity index (χ0v) is 17.5. The van der Waals surface area contributed by atoms with E-state index in [0.717, 1.165) is 19.3 Å². The van der Waals surface area contributed by atoms with E-state index in [1.54, 1.807) is 12.4 Å². The molecule has 11 heteroatoms. The van der Waals surface area contributed by atoms with E-state index in [-0.39, 0.29) is 41.5 Å². The van der Waals surface area contributed by atoms with Gasteiger partial charge < -0.3 is 14.6 Å². The normalized spacial score (nSPS) is 30.8. The van der Waals surface area contributed by atoms with Crippen molar-refractivity contribution in [2.75, 3.05) is 6.61 Å². The van der Waals surface area contributed by atoms with Crippen molar-refractivity contribution in [2.45, 2.75) is 61.8 Å². The van der Waals surface area contributed by atoms with Crippen molar-refractivity contribution in [1.82, 2.24) is 14.9 Å². The number of rotatable bonds is 7. The molecule has 1 heterocycles.